The van der Waals surface area contributed by atoms with E-state index in [0.717, 1.165) is 37.7 Å². The Labute approximate surface area is 115 Å². The van der Waals surface area contributed by atoms with E-state index in [-0.39, 0.29) is 5.75 Å². The van der Waals surface area contributed by atoms with Crippen molar-refractivity contribution in [1.82, 2.24) is 10.2 Å². The molecule has 1 aliphatic rings. The third-order valence-corrected chi connectivity index (χ3v) is 3.85. The van der Waals surface area contributed by atoms with Crippen LogP contribution in [0.1, 0.15) is 18.4 Å². The normalized spacial score (nSPS) is 17.6. The monoisotopic (exact) mass is 264 g/mol. The lowest BCUT2D eigenvalue weighted by Gasteiger charge is -2.31. The van der Waals surface area contributed by atoms with Crippen molar-refractivity contribution in [1.29, 1.82) is 0 Å². The second-order valence-corrected chi connectivity index (χ2v) is 5.28. The van der Waals surface area contributed by atoms with Crippen molar-refractivity contribution in [3.05, 3.63) is 23.8 Å². The van der Waals surface area contributed by atoms with Gasteiger partial charge in [-0.25, -0.2) is 0 Å². The summed E-state index contributed by atoms with van der Waals surface area (Å²) in [7, 11) is 3.59. The first kappa shape index (κ1) is 14.2. The molecule has 1 aromatic carbocycles. The van der Waals surface area contributed by atoms with Crippen molar-refractivity contribution in [3.63, 3.8) is 0 Å². The van der Waals surface area contributed by atoms with Gasteiger partial charge in [-0.1, -0.05) is 6.07 Å². The van der Waals surface area contributed by atoms with Gasteiger partial charge in [0.05, 0.1) is 7.11 Å². The molecule has 0 radical (unpaired) electrons. The van der Waals surface area contributed by atoms with Crippen LogP contribution in [0.25, 0.3) is 0 Å². The summed E-state index contributed by atoms with van der Waals surface area (Å²) in [6.45, 7) is 4.30. The molecule has 0 atom stereocenters. The zero-order valence-corrected chi connectivity index (χ0v) is 11.9. The predicted octanol–water partition coefficient (Wildman–Crippen LogP) is 1.83. The number of benzene rings is 1. The Hall–Kier alpha value is -1.26. The zero-order chi connectivity index (χ0) is 13.7. The quantitative estimate of drug-likeness (QED) is 0.851. The molecule has 106 valence electrons. The summed E-state index contributed by atoms with van der Waals surface area (Å²) in [5.74, 6) is 1.58. The number of piperidine rings is 1. The SMILES string of the molecule is CNCC1CCN(Cc2ccc(OC)c(O)c2)CC1. The van der Waals surface area contributed by atoms with Gasteiger partial charge < -0.3 is 15.2 Å². The summed E-state index contributed by atoms with van der Waals surface area (Å²) >= 11 is 0. The van der Waals surface area contributed by atoms with Crippen LogP contribution in [0.3, 0.4) is 0 Å². The molecule has 1 saturated heterocycles. The fraction of sp³-hybridized carbons (Fsp3) is 0.600. The van der Waals surface area contributed by atoms with Gasteiger partial charge in [-0.05, 0) is 63.1 Å². The van der Waals surface area contributed by atoms with Gasteiger partial charge >= 0.3 is 0 Å². The molecule has 2 N–H and O–H groups in total. The molecule has 0 spiro atoms. The minimum absolute atomic E-state index is 0.227. The minimum atomic E-state index is 0.227. The summed E-state index contributed by atoms with van der Waals surface area (Å²) in [6.07, 6.45) is 2.51. The number of nitrogens with zero attached hydrogens (tertiary/aromatic N) is 1. The Balaban J connectivity index is 1.87. The Morgan fingerprint density at radius 3 is 2.68 bits per heavy atom. The van der Waals surface area contributed by atoms with Gasteiger partial charge in [0.25, 0.3) is 0 Å². The molecule has 0 bridgehead atoms. The molecule has 0 amide bonds. The molecule has 1 heterocycles. The number of nitrogens with one attached hydrogen (secondary N) is 1. The van der Waals surface area contributed by atoms with Gasteiger partial charge in [0.2, 0.25) is 0 Å². The van der Waals surface area contributed by atoms with Crippen molar-refractivity contribution in [3.8, 4) is 11.5 Å². The maximum absolute atomic E-state index is 9.78. The fourth-order valence-electron chi connectivity index (χ4n) is 2.73. The first-order valence-corrected chi connectivity index (χ1v) is 6.95. The van der Waals surface area contributed by atoms with Crippen molar-refractivity contribution in [2.75, 3.05) is 33.8 Å². The van der Waals surface area contributed by atoms with Crippen LogP contribution in [0, 0.1) is 5.92 Å². The molecular formula is C15H24N2O2. The molecule has 0 saturated carbocycles. The number of aromatic hydroxyl groups is 1. The highest BCUT2D eigenvalue weighted by molar-refractivity contribution is 5.41. The maximum Gasteiger partial charge on any atom is 0.160 e. The smallest absolute Gasteiger partial charge is 0.160 e. The van der Waals surface area contributed by atoms with Gasteiger partial charge in [-0.3, -0.25) is 4.90 Å². The molecule has 1 fully saturated rings. The van der Waals surface area contributed by atoms with Gasteiger partial charge in [-0.2, -0.15) is 0 Å². The molecule has 0 aliphatic carbocycles. The van der Waals surface area contributed by atoms with E-state index >= 15 is 0 Å². The Kier molecular flexibility index (Phi) is 5.05. The summed E-state index contributed by atoms with van der Waals surface area (Å²) in [5, 5.41) is 13.0. The van der Waals surface area contributed by atoms with Crippen LogP contribution in [-0.4, -0.2) is 43.8 Å². The van der Waals surface area contributed by atoms with Gasteiger partial charge in [0.1, 0.15) is 0 Å². The largest absolute Gasteiger partial charge is 0.504 e. The topological polar surface area (TPSA) is 44.7 Å². The molecule has 0 unspecified atom stereocenters. The number of hydrogen-bond acceptors (Lipinski definition) is 4. The van der Waals surface area contributed by atoms with Crippen molar-refractivity contribution in [2.24, 2.45) is 5.92 Å². The van der Waals surface area contributed by atoms with Gasteiger partial charge in [0, 0.05) is 6.54 Å². The summed E-state index contributed by atoms with van der Waals surface area (Å²) in [6, 6.07) is 5.66. The highest BCUT2D eigenvalue weighted by atomic mass is 16.5. The number of hydrogen-bond donors (Lipinski definition) is 2. The van der Waals surface area contributed by atoms with Crippen LogP contribution in [0.4, 0.5) is 0 Å². The summed E-state index contributed by atoms with van der Waals surface area (Å²) < 4.78 is 5.06. The number of phenols is 1. The highest BCUT2D eigenvalue weighted by Crippen LogP contribution is 2.27. The zero-order valence-electron chi connectivity index (χ0n) is 11.9. The van der Waals surface area contributed by atoms with Crippen LogP contribution >= 0.6 is 0 Å². The van der Waals surface area contributed by atoms with E-state index in [4.69, 9.17) is 4.74 Å². The fourth-order valence-corrected chi connectivity index (χ4v) is 2.73. The third-order valence-electron chi connectivity index (χ3n) is 3.85. The summed E-state index contributed by atoms with van der Waals surface area (Å²) in [4.78, 5) is 2.45. The average molecular weight is 264 g/mol. The lowest BCUT2D eigenvalue weighted by Crippen LogP contribution is -2.36. The van der Waals surface area contributed by atoms with Crippen LogP contribution in [0.2, 0.25) is 0 Å². The first-order chi connectivity index (χ1) is 9.22. The van der Waals surface area contributed by atoms with E-state index in [1.54, 1.807) is 13.2 Å². The number of ether oxygens (including phenoxy) is 1. The number of methoxy groups -OCH3 is 1. The maximum atomic E-state index is 9.78. The van der Waals surface area contributed by atoms with Gasteiger partial charge in [-0.15, -0.1) is 0 Å². The number of phenolic OH excluding ortho intramolecular Hbond substituents is 1. The number of likely N-dealkylation sites (tertiary alicyclic amines) is 1. The van der Waals surface area contributed by atoms with E-state index in [2.05, 4.69) is 10.2 Å². The van der Waals surface area contributed by atoms with E-state index in [0.29, 0.717) is 5.75 Å². The van der Waals surface area contributed by atoms with Crippen molar-refractivity contribution in [2.45, 2.75) is 19.4 Å². The second kappa shape index (κ2) is 6.78. The summed E-state index contributed by atoms with van der Waals surface area (Å²) in [5.41, 5.74) is 1.14. The van der Waals surface area contributed by atoms with Crippen LogP contribution in [0.15, 0.2) is 18.2 Å². The molecule has 1 aliphatic heterocycles. The number of rotatable bonds is 5. The lowest BCUT2D eigenvalue weighted by molar-refractivity contribution is 0.176. The van der Waals surface area contributed by atoms with Crippen LogP contribution in [-0.2, 0) is 6.54 Å². The molecule has 19 heavy (non-hydrogen) atoms. The molecule has 2 rings (SSSR count). The molecule has 0 aromatic heterocycles. The Morgan fingerprint density at radius 2 is 2.11 bits per heavy atom. The first-order valence-electron chi connectivity index (χ1n) is 6.95. The predicted molar refractivity (Wildman–Crippen MR) is 76.6 cm³/mol. The lowest BCUT2D eigenvalue weighted by atomic mass is 9.96. The standard InChI is InChI=1S/C15H24N2O2/c1-16-10-12-5-7-17(8-6-12)11-13-3-4-15(19-2)14(18)9-13/h3-4,9,12,16,18H,5-8,10-11H2,1-2H3. The molecule has 4 nitrogen and oxygen atoms in total. The van der Waals surface area contributed by atoms with Gasteiger partial charge in [0.15, 0.2) is 11.5 Å². The van der Waals surface area contributed by atoms with Crippen LogP contribution in [0.5, 0.6) is 11.5 Å². The third kappa shape index (κ3) is 3.85. The van der Waals surface area contributed by atoms with E-state index in [1.165, 1.54) is 12.8 Å². The Morgan fingerprint density at radius 1 is 1.37 bits per heavy atom. The molecule has 4 heteroatoms. The molecule has 1 aromatic rings. The minimum Gasteiger partial charge on any atom is -0.504 e. The Bertz CT molecular complexity index is 401. The highest BCUT2D eigenvalue weighted by Gasteiger charge is 2.18. The van der Waals surface area contributed by atoms with E-state index in [1.807, 2.05) is 19.2 Å². The van der Waals surface area contributed by atoms with Crippen LogP contribution < -0.4 is 10.1 Å². The van der Waals surface area contributed by atoms with E-state index in [9.17, 15) is 5.11 Å². The van der Waals surface area contributed by atoms with Crippen molar-refractivity contribution >= 4 is 0 Å². The molecular weight excluding hydrogens is 240 g/mol. The average Bonchev–Trinajstić information content (AvgIpc) is 2.42. The second-order valence-electron chi connectivity index (χ2n) is 5.28. The van der Waals surface area contributed by atoms with E-state index < -0.39 is 0 Å². The van der Waals surface area contributed by atoms with Crippen molar-refractivity contribution < 1.29 is 9.84 Å².